The molecule has 2 amide bonds. The number of rotatable bonds is 8. The summed E-state index contributed by atoms with van der Waals surface area (Å²) in [5.41, 5.74) is 3.10. The minimum Gasteiger partial charge on any atom is -0.326 e. The Kier molecular flexibility index (Phi) is 8.48. The van der Waals surface area contributed by atoms with Gasteiger partial charge in [0.1, 0.15) is 5.25 Å². The van der Waals surface area contributed by atoms with Crippen LogP contribution in [0.1, 0.15) is 16.4 Å². The second-order valence-corrected chi connectivity index (χ2v) is 9.84. The van der Waals surface area contributed by atoms with Gasteiger partial charge in [-0.15, -0.1) is 11.8 Å². The molecule has 35 heavy (non-hydrogen) atoms. The molecule has 4 rings (SSSR count). The fraction of sp³-hybridized carbons (Fsp3) is 0.0714. The van der Waals surface area contributed by atoms with Crippen molar-refractivity contribution in [2.45, 2.75) is 16.6 Å². The molecular weight excluding hydrogens is 499 g/mol. The van der Waals surface area contributed by atoms with E-state index >= 15 is 0 Å². The van der Waals surface area contributed by atoms with E-state index in [1.54, 1.807) is 36.4 Å². The van der Waals surface area contributed by atoms with Crippen LogP contribution in [0.15, 0.2) is 108 Å². The first-order chi connectivity index (χ1) is 17.0. The summed E-state index contributed by atoms with van der Waals surface area (Å²) in [6.45, 7) is 0. The molecule has 7 heteroatoms. The zero-order valence-electron chi connectivity index (χ0n) is 18.6. The van der Waals surface area contributed by atoms with Gasteiger partial charge >= 0.3 is 0 Å². The molecular formula is C28H22Cl2N2O2S. The highest BCUT2D eigenvalue weighted by molar-refractivity contribution is 8.00. The third kappa shape index (κ3) is 7.36. The third-order valence-corrected chi connectivity index (χ3v) is 6.86. The largest absolute Gasteiger partial charge is 0.326 e. The second-order valence-electron chi connectivity index (χ2n) is 7.78. The molecule has 176 valence electrons. The summed E-state index contributed by atoms with van der Waals surface area (Å²) in [6.07, 6.45) is 0.257. The molecule has 0 saturated heterocycles. The maximum absolute atomic E-state index is 13.2. The number of carbonyl (C=O) groups is 2. The van der Waals surface area contributed by atoms with E-state index in [1.165, 1.54) is 11.8 Å². The second kappa shape index (κ2) is 11.9. The predicted octanol–water partition coefficient (Wildman–Crippen LogP) is 7.65. The number of nitrogens with one attached hydrogen (secondary N) is 2. The SMILES string of the molecule is O=C(Cc1ccc(Cl)cc1)Nc1ccc(SC(C(=O)Nc2cccc(Cl)c2)c2ccccc2)cc1. The molecule has 4 nitrogen and oxygen atoms in total. The predicted molar refractivity (Wildman–Crippen MR) is 145 cm³/mol. The molecule has 0 aliphatic heterocycles. The smallest absolute Gasteiger partial charge is 0.242 e. The Morgan fingerprint density at radius 3 is 2.11 bits per heavy atom. The van der Waals surface area contributed by atoms with Crippen LogP contribution >= 0.6 is 35.0 Å². The Morgan fingerprint density at radius 2 is 1.43 bits per heavy atom. The summed E-state index contributed by atoms with van der Waals surface area (Å²) in [7, 11) is 0. The van der Waals surface area contributed by atoms with Crippen molar-refractivity contribution in [1.82, 2.24) is 0 Å². The normalized spacial score (nSPS) is 11.5. The summed E-state index contributed by atoms with van der Waals surface area (Å²) in [6, 6.07) is 31.3. The van der Waals surface area contributed by atoms with Gasteiger partial charge in [0, 0.05) is 26.3 Å². The van der Waals surface area contributed by atoms with Crippen molar-refractivity contribution in [3.63, 3.8) is 0 Å². The molecule has 0 fully saturated rings. The quantitative estimate of drug-likeness (QED) is 0.234. The Hall–Kier alpha value is -3.25. The van der Waals surface area contributed by atoms with E-state index in [1.807, 2.05) is 66.7 Å². The zero-order valence-corrected chi connectivity index (χ0v) is 20.9. The van der Waals surface area contributed by atoms with Crippen molar-refractivity contribution in [2.24, 2.45) is 0 Å². The van der Waals surface area contributed by atoms with Gasteiger partial charge in [-0.05, 0) is 65.7 Å². The molecule has 0 aliphatic carbocycles. The van der Waals surface area contributed by atoms with E-state index in [0.29, 0.717) is 21.4 Å². The molecule has 0 heterocycles. The zero-order chi connectivity index (χ0) is 24.6. The van der Waals surface area contributed by atoms with Gasteiger partial charge in [0.15, 0.2) is 0 Å². The van der Waals surface area contributed by atoms with Crippen molar-refractivity contribution in [2.75, 3.05) is 10.6 Å². The van der Waals surface area contributed by atoms with Gasteiger partial charge in [-0.1, -0.05) is 71.7 Å². The number of hydrogen-bond donors (Lipinski definition) is 2. The molecule has 0 bridgehead atoms. The van der Waals surface area contributed by atoms with Gasteiger partial charge in [-0.3, -0.25) is 9.59 Å². The first-order valence-electron chi connectivity index (χ1n) is 10.9. The van der Waals surface area contributed by atoms with Gasteiger partial charge in [-0.2, -0.15) is 0 Å². The van der Waals surface area contributed by atoms with E-state index in [9.17, 15) is 9.59 Å². The van der Waals surface area contributed by atoms with Gasteiger partial charge < -0.3 is 10.6 Å². The summed E-state index contributed by atoms with van der Waals surface area (Å²) < 4.78 is 0. The summed E-state index contributed by atoms with van der Waals surface area (Å²) in [4.78, 5) is 26.5. The Balaban J connectivity index is 1.43. The van der Waals surface area contributed by atoms with Gasteiger partial charge in [0.2, 0.25) is 11.8 Å². The van der Waals surface area contributed by atoms with Gasteiger partial charge in [-0.25, -0.2) is 0 Å². The molecule has 0 radical (unpaired) electrons. The Morgan fingerprint density at radius 1 is 0.714 bits per heavy atom. The number of benzene rings is 4. The van der Waals surface area contributed by atoms with E-state index in [-0.39, 0.29) is 18.2 Å². The molecule has 4 aromatic rings. The molecule has 1 atom stereocenters. The van der Waals surface area contributed by atoms with Crippen LogP contribution in [0.3, 0.4) is 0 Å². The highest BCUT2D eigenvalue weighted by Crippen LogP contribution is 2.37. The average molecular weight is 521 g/mol. The number of thioether (sulfide) groups is 1. The summed E-state index contributed by atoms with van der Waals surface area (Å²) in [5.74, 6) is -0.264. The standard InChI is InChI=1S/C28H22Cl2N2O2S/c29-21-11-9-19(10-12-21)17-26(33)31-23-13-15-25(16-14-23)35-27(20-5-2-1-3-6-20)28(34)32-24-8-4-7-22(30)18-24/h1-16,18,27H,17H2,(H,31,33)(H,32,34). The summed E-state index contributed by atoms with van der Waals surface area (Å²) in [5, 5.41) is 6.58. The number of anilines is 2. The van der Waals surface area contributed by atoms with Crippen LogP contribution in [0.5, 0.6) is 0 Å². The van der Waals surface area contributed by atoms with Crippen molar-refractivity contribution >= 4 is 58.2 Å². The van der Waals surface area contributed by atoms with Crippen LogP contribution in [-0.4, -0.2) is 11.8 Å². The van der Waals surface area contributed by atoms with Crippen LogP contribution < -0.4 is 10.6 Å². The highest BCUT2D eigenvalue weighted by atomic mass is 35.5. The molecule has 0 aliphatic rings. The minimum absolute atomic E-state index is 0.115. The first kappa shape index (κ1) is 24.9. The maximum Gasteiger partial charge on any atom is 0.242 e. The lowest BCUT2D eigenvalue weighted by Gasteiger charge is -2.17. The van der Waals surface area contributed by atoms with Crippen molar-refractivity contribution < 1.29 is 9.59 Å². The summed E-state index contributed by atoms with van der Waals surface area (Å²) >= 11 is 13.4. The van der Waals surface area contributed by atoms with Crippen LogP contribution in [0.2, 0.25) is 10.0 Å². The minimum atomic E-state index is -0.472. The molecule has 2 N–H and O–H groups in total. The number of halogens is 2. The average Bonchev–Trinajstić information content (AvgIpc) is 2.85. The molecule has 4 aromatic carbocycles. The lowest BCUT2D eigenvalue weighted by atomic mass is 10.1. The first-order valence-corrected chi connectivity index (χ1v) is 12.5. The Bertz CT molecular complexity index is 1300. The van der Waals surface area contributed by atoms with E-state index in [4.69, 9.17) is 23.2 Å². The molecule has 0 saturated carbocycles. The van der Waals surface area contributed by atoms with Crippen LogP contribution in [0.25, 0.3) is 0 Å². The van der Waals surface area contributed by atoms with Crippen LogP contribution in [-0.2, 0) is 16.0 Å². The topological polar surface area (TPSA) is 58.2 Å². The highest BCUT2D eigenvalue weighted by Gasteiger charge is 2.22. The van der Waals surface area contributed by atoms with E-state index in [0.717, 1.165) is 16.0 Å². The molecule has 1 unspecified atom stereocenters. The number of amides is 2. The fourth-order valence-electron chi connectivity index (χ4n) is 3.42. The van der Waals surface area contributed by atoms with Crippen molar-refractivity contribution in [3.05, 3.63) is 124 Å². The lowest BCUT2D eigenvalue weighted by Crippen LogP contribution is -2.19. The molecule has 0 spiro atoms. The van der Waals surface area contributed by atoms with E-state index < -0.39 is 5.25 Å². The number of hydrogen-bond acceptors (Lipinski definition) is 3. The Labute approximate surface area is 218 Å². The van der Waals surface area contributed by atoms with Crippen molar-refractivity contribution in [3.8, 4) is 0 Å². The monoisotopic (exact) mass is 520 g/mol. The number of carbonyl (C=O) groups excluding carboxylic acids is 2. The van der Waals surface area contributed by atoms with Gasteiger partial charge in [0.05, 0.1) is 6.42 Å². The lowest BCUT2D eigenvalue weighted by molar-refractivity contribution is -0.116. The van der Waals surface area contributed by atoms with Crippen LogP contribution in [0.4, 0.5) is 11.4 Å². The third-order valence-electron chi connectivity index (χ3n) is 5.10. The van der Waals surface area contributed by atoms with Gasteiger partial charge in [0.25, 0.3) is 0 Å². The maximum atomic E-state index is 13.2. The molecule has 0 aromatic heterocycles. The fourth-order valence-corrected chi connectivity index (χ4v) is 4.76. The van der Waals surface area contributed by atoms with Crippen LogP contribution in [0, 0.1) is 0 Å². The van der Waals surface area contributed by atoms with E-state index in [2.05, 4.69) is 10.6 Å². The van der Waals surface area contributed by atoms with Crippen molar-refractivity contribution in [1.29, 1.82) is 0 Å².